The van der Waals surface area contributed by atoms with Crippen LogP contribution < -0.4 is 10.1 Å². The van der Waals surface area contributed by atoms with E-state index in [4.69, 9.17) is 21.3 Å². The minimum Gasteiger partial charge on any atom is -0.497 e. The van der Waals surface area contributed by atoms with Gasteiger partial charge in [0, 0.05) is 29.7 Å². The Labute approximate surface area is 172 Å². The molecule has 1 N–H and O–H groups in total. The summed E-state index contributed by atoms with van der Waals surface area (Å²) in [7, 11) is 3.81. The third kappa shape index (κ3) is 5.38. The SMILES string of the molecule is COc1ccc2nc3ccccc3c(NCCCCN(C)CCCl)c2c1.Cl. The van der Waals surface area contributed by atoms with E-state index in [1.807, 2.05) is 18.2 Å². The highest BCUT2D eigenvalue weighted by molar-refractivity contribution is 6.18. The largest absolute Gasteiger partial charge is 0.497 e. The number of alkyl halides is 1. The van der Waals surface area contributed by atoms with Crippen molar-refractivity contribution in [1.82, 2.24) is 9.88 Å². The van der Waals surface area contributed by atoms with Crippen molar-refractivity contribution in [1.29, 1.82) is 0 Å². The minimum atomic E-state index is 0. The lowest BCUT2D eigenvalue weighted by atomic mass is 10.1. The molecule has 0 aliphatic rings. The van der Waals surface area contributed by atoms with Crippen LogP contribution in [-0.2, 0) is 0 Å². The third-order valence-electron chi connectivity index (χ3n) is 4.62. The van der Waals surface area contributed by atoms with Crippen molar-refractivity contribution in [3.63, 3.8) is 0 Å². The van der Waals surface area contributed by atoms with E-state index in [1.54, 1.807) is 7.11 Å². The Morgan fingerprint density at radius 2 is 1.81 bits per heavy atom. The molecule has 1 heterocycles. The highest BCUT2D eigenvalue weighted by Gasteiger charge is 2.09. The fourth-order valence-electron chi connectivity index (χ4n) is 3.16. The topological polar surface area (TPSA) is 37.4 Å². The van der Waals surface area contributed by atoms with Gasteiger partial charge in [0.1, 0.15) is 5.75 Å². The number of hydrogen-bond donors (Lipinski definition) is 1. The molecule has 0 atom stereocenters. The molecule has 0 spiro atoms. The highest BCUT2D eigenvalue weighted by atomic mass is 35.5. The second-order valence-corrected chi connectivity index (χ2v) is 6.89. The van der Waals surface area contributed by atoms with Gasteiger partial charge in [-0.2, -0.15) is 0 Å². The van der Waals surface area contributed by atoms with Crippen LogP contribution in [0.5, 0.6) is 5.75 Å². The van der Waals surface area contributed by atoms with Crippen molar-refractivity contribution in [2.24, 2.45) is 0 Å². The van der Waals surface area contributed by atoms with Gasteiger partial charge >= 0.3 is 0 Å². The van der Waals surface area contributed by atoms with Crippen LogP contribution in [0.2, 0.25) is 0 Å². The number of fused-ring (bicyclic) bond motifs is 2. The van der Waals surface area contributed by atoms with Crippen LogP contribution in [0.3, 0.4) is 0 Å². The molecule has 3 aromatic rings. The van der Waals surface area contributed by atoms with Crippen molar-refractivity contribution in [2.75, 3.05) is 45.0 Å². The van der Waals surface area contributed by atoms with Crippen molar-refractivity contribution in [2.45, 2.75) is 12.8 Å². The van der Waals surface area contributed by atoms with E-state index in [9.17, 15) is 0 Å². The van der Waals surface area contributed by atoms with Crippen LogP contribution in [0.1, 0.15) is 12.8 Å². The van der Waals surface area contributed by atoms with Gasteiger partial charge in [0.2, 0.25) is 0 Å². The van der Waals surface area contributed by atoms with Crippen LogP contribution >= 0.6 is 24.0 Å². The van der Waals surface area contributed by atoms with Crippen LogP contribution in [0.4, 0.5) is 5.69 Å². The van der Waals surface area contributed by atoms with Gasteiger partial charge in [-0.15, -0.1) is 24.0 Å². The molecule has 1 aromatic heterocycles. The summed E-state index contributed by atoms with van der Waals surface area (Å²) in [4.78, 5) is 7.06. The lowest BCUT2D eigenvalue weighted by Gasteiger charge is -2.16. The molecule has 0 saturated heterocycles. The number of aromatic nitrogens is 1. The van der Waals surface area contributed by atoms with Gasteiger partial charge in [-0.05, 0) is 50.7 Å². The average Bonchev–Trinajstić information content (AvgIpc) is 2.66. The predicted octanol–water partition coefficient (Wildman–Crippen LogP) is 5.18. The van der Waals surface area contributed by atoms with E-state index in [1.165, 1.54) is 0 Å². The van der Waals surface area contributed by atoms with E-state index in [-0.39, 0.29) is 12.4 Å². The normalized spacial score (nSPS) is 11.0. The first-order valence-electron chi connectivity index (χ1n) is 9.08. The molecule has 0 bridgehead atoms. The maximum atomic E-state index is 5.78. The van der Waals surface area contributed by atoms with E-state index >= 15 is 0 Å². The van der Waals surface area contributed by atoms with E-state index < -0.39 is 0 Å². The molecule has 0 unspecified atom stereocenters. The fourth-order valence-corrected chi connectivity index (χ4v) is 3.45. The fraction of sp³-hybridized carbons (Fsp3) is 0.381. The molecular weight excluding hydrogens is 381 g/mol. The van der Waals surface area contributed by atoms with Gasteiger partial charge in [-0.25, -0.2) is 4.98 Å². The van der Waals surface area contributed by atoms with Gasteiger partial charge < -0.3 is 15.0 Å². The number of para-hydroxylation sites is 1. The molecule has 0 fully saturated rings. The molecule has 0 radical (unpaired) electrons. The third-order valence-corrected chi connectivity index (χ3v) is 4.79. The number of nitrogens with zero attached hydrogens (tertiary/aromatic N) is 2. The lowest BCUT2D eigenvalue weighted by Crippen LogP contribution is -2.22. The molecule has 4 nitrogen and oxygen atoms in total. The second-order valence-electron chi connectivity index (χ2n) is 6.51. The number of benzene rings is 2. The van der Waals surface area contributed by atoms with Crippen molar-refractivity contribution < 1.29 is 4.74 Å². The Kier molecular flexibility index (Phi) is 8.42. The number of anilines is 1. The average molecular weight is 408 g/mol. The number of pyridine rings is 1. The molecule has 6 heteroatoms. The smallest absolute Gasteiger partial charge is 0.119 e. The van der Waals surface area contributed by atoms with Crippen molar-refractivity contribution in [3.8, 4) is 5.75 Å². The summed E-state index contributed by atoms with van der Waals surface area (Å²) in [5.41, 5.74) is 3.13. The highest BCUT2D eigenvalue weighted by Crippen LogP contribution is 2.32. The first kappa shape index (κ1) is 21.5. The predicted molar refractivity (Wildman–Crippen MR) is 119 cm³/mol. The minimum absolute atomic E-state index is 0. The molecule has 0 aliphatic heterocycles. The van der Waals surface area contributed by atoms with Crippen LogP contribution in [0.25, 0.3) is 21.8 Å². The van der Waals surface area contributed by atoms with Gasteiger partial charge in [0.05, 0.1) is 23.8 Å². The van der Waals surface area contributed by atoms with Crippen molar-refractivity contribution >= 4 is 51.5 Å². The lowest BCUT2D eigenvalue weighted by molar-refractivity contribution is 0.347. The number of methoxy groups -OCH3 is 1. The van der Waals surface area contributed by atoms with Gasteiger partial charge in [0.25, 0.3) is 0 Å². The van der Waals surface area contributed by atoms with Crippen molar-refractivity contribution in [3.05, 3.63) is 42.5 Å². The zero-order chi connectivity index (χ0) is 18.4. The summed E-state index contributed by atoms with van der Waals surface area (Å²) < 4.78 is 5.41. The van der Waals surface area contributed by atoms with Gasteiger partial charge in [-0.3, -0.25) is 0 Å². The number of hydrogen-bond acceptors (Lipinski definition) is 4. The van der Waals surface area contributed by atoms with E-state index in [0.29, 0.717) is 5.88 Å². The first-order chi connectivity index (χ1) is 12.7. The Morgan fingerprint density at radius 3 is 2.59 bits per heavy atom. The Morgan fingerprint density at radius 1 is 1.04 bits per heavy atom. The first-order valence-corrected chi connectivity index (χ1v) is 9.61. The maximum absolute atomic E-state index is 5.78. The summed E-state index contributed by atoms with van der Waals surface area (Å²) in [6, 6.07) is 14.3. The number of unbranched alkanes of at least 4 members (excludes halogenated alkanes) is 1. The van der Waals surface area contributed by atoms with Gasteiger partial charge in [0.15, 0.2) is 0 Å². The molecular formula is C21H27Cl2N3O. The summed E-state index contributed by atoms with van der Waals surface area (Å²) in [6.07, 6.45) is 2.25. The second kappa shape index (κ2) is 10.5. The standard InChI is InChI=1S/C21H26ClN3O.ClH/c1-25(14-11-22)13-6-5-12-23-21-17-7-3-4-8-19(17)24-20-10-9-16(26-2)15-18(20)21;/h3-4,7-10,15H,5-6,11-14H2,1-2H3,(H,23,24);1H. The molecule has 0 amide bonds. The molecule has 3 rings (SSSR count). The van der Waals surface area contributed by atoms with E-state index in [0.717, 1.165) is 65.7 Å². The summed E-state index contributed by atoms with van der Waals surface area (Å²) in [6.45, 7) is 2.93. The number of rotatable bonds is 9. The number of ether oxygens (including phenoxy) is 1. The molecule has 0 aliphatic carbocycles. The Balaban J connectivity index is 0.00000261. The quantitative estimate of drug-likeness (QED) is 0.301. The number of halogens is 2. The number of nitrogens with one attached hydrogen (secondary N) is 1. The van der Waals surface area contributed by atoms with Crippen LogP contribution in [0, 0.1) is 0 Å². The summed E-state index contributed by atoms with van der Waals surface area (Å²) >= 11 is 5.78. The molecule has 2 aromatic carbocycles. The Hall–Kier alpha value is -1.75. The molecule has 146 valence electrons. The molecule has 0 saturated carbocycles. The maximum Gasteiger partial charge on any atom is 0.119 e. The zero-order valence-electron chi connectivity index (χ0n) is 15.9. The summed E-state index contributed by atoms with van der Waals surface area (Å²) in [5, 5.41) is 5.89. The zero-order valence-corrected chi connectivity index (χ0v) is 17.4. The summed E-state index contributed by atoms with van der Waals surface area (Å²) in [5.74, 6) is 1.53. The monoisotopic (exact) mass is 407 g/mol. The Bertz CT molecular complexity index is 873. The molecule has 27 heavy (non-hydrogen) atoms. The van der Waals surface area contributed by atoms with E-state index in [2.05, 4.69) is 41.5 Å². The van der Waals surface area contributed by atoms with Gasteiger partial charge in [-0.1, -0.05) is 18.2 Å². The van der Waals surface area contributed by atoms with Crippen LogP contribution in [0.15, 0.2) is 42.5 Å². The van der Waals surface area contributed by atoms with Crippen LogP contribution in [-0.4, -0.2) is 49.6 Å².